The molecule has 2 aromatic heterocycles. The molecule has 26 heavy (non-hydrogen) atoms. The molecule has 4 rings (SSSR count). The van der Waals surface area contributed by atoms with Gasteiger partial charge in [-0.25, -0.2) is 19.6 Å². The van der Waals surface area contributed by atoms with Gasteiger partial charge in [-0.3, -0.25) is 9.13 Å². The summed E-state index contributed by atoms with van der Waals surface area (Å²) in [5, 5.41) is 2.86. The zero-order valence-electron chi connectivity index (χ0n) is 15.0. The van der Waals surface area contributed by atoms with Crippen LogP contribution >= 0.6 is 15.9 Å². The van der Waals surface area contributed by atoms with Crippen LogP contribution in [-0.4, -0.2) is 36.8 Å². The summed E-state index contributed by atoms with van der Waals surface area (Å²) in [5.41, 5.74) is 0.674. The molecule has 0 atom stereocenters. The molecular formula is C17H22BrN5O3. The lowest BCUT2D eigenvalue weighted by molar-refractivity contribution is 0.0456. The molecule has 2 aliphatic rings. The van der Waals surface area contributed by atoms with E-state index in [-0.39, 0.29) is 23.8 Å². The van der Waals surface area contributed by atoms with E-state index in [1.165, 1.54) is 0 Å². The third-order valence-electron chi connectivity index (χ3n) is 4.69. The van der Waals surface area contributed by atoms with Crippen LogP contribution in [0.5, 0.6) is 0 Å². The summed E-state index contributed by atoms with van der Waals surface area (Å²) < 4.78 is 9.41. The maximum atomic E-state index is 13.0. The third kappa shape index (κ3) is 3.24. The van der Waals surface area contributed by atoms with E-state index in [0.717, 1.165) is 12.8 Å². The predicted octanol–water partition coefficient (Wildman–Crippen LogP) is 2.92. The first-order chi connectivity index (χ1) is 12.2. The number of rotatable bonds is 3. The van der Waals surface area contributed by atoms with E-state index in [0.29, 0.717) is 28.7 Å². The van der Waals surface area contributed by atoms with Gasteiger partial charge in [0, 0.05) is 18.1 Å². The Balaban J connectivity index is 1.53. The third-order valence-corrected chi connectivity index (χ3v) is 5.07. The number of carbonyl (C=O) groups excluding carboxylic acids is 1. The molecule has 2 saturated carbocycles. The van der Waals surface area contributed by atoms with Gasteiger partial charge in [0.1, 0.15) is 10.2 Å². The number of nitrogens with zero attached hydrogens (tertiary/aromatic N) is 4. The van der Waals surface area contributed by atoms with E-state index in [1.807, 2.05) is 20.8 Å². The second-order valence-corrected chi connectivity index (χ2v) is 8.87. The number of carbonyl (C=O) groups is 1. The molecule has 2 aliphatic carbocycles. The minimum absolute atomic E-state index is 0.00415. The summed E-state index contributed by atoms with van der Waals surface area (Å²) in [4.78, 5) is 33.7. The van der Waals surface area contributed by atoms with Crippen LogP contribution in [0.2, 0.25) is 0 Å². The number of ether oxygens (including phenoxy) is 1. The van der Waals surface area contributed by atoms with Crippen molar-refractivity contribution in [3.8, 4) is 0 Å². The van der Waals surface area contributed by atoms with Gasteiger partial charge in [-0.1, -0.05) is 0 Å². The fourth-order valence-electron chi connectivity index (χ4n) is 3.36. The van der Waals surface area contributed by atoms with E-state index >= 15 is 0 Å². The zero-order chi connectivity index (χ0) is 18.6. The fraction of sp³-hybridized carbons (Fsp3) is 0.647. The standard InChI is InChI=1S/C17H22BrN5O3/c1-17(2,3)26-15(24)20-9-6-11(7-9)23-13-14(21-12(18)8-19-13)22(16(23)25)10-4-5-10/h8-11H,4-7H2,1-3H3,(H,20,24). The van der Waals surface area contributed by atoms with E-state index in [4.69, 9.17) is 4.74 Å². The number of imidazole rings is 1. The van der Waals surface area contributed by atoms with Gasteiger partial charge in [0.25, 0.3) is 0 Å². The first-order valence-corrected chi connectivity index (χ1v) is 9.67. The molecule has 0 bridgehead atoms. The molecule has 0 aromatic carbocycles. The summed E-state index contributed by atoms with van der Waals surface area (Å²) in [5.74, 6) is 0. The smallest absolute Gasteiger partial charge is 0.407 e. The topological polar surface area (TPSA) is 91.0 Å². The van der Waals surface area contributed by atoms with Crippen molar-refractivity contribution in [2.24, 2.45) is 0 Å². The van der Waals surface area contributed by atoms with Crippen LogP contribution in [0.15, 0.2) is 15.6 Å². The maximum Gasteiger partial charge on any atom is 0.407 e. The van der Waals surface area contributed by atoms with E-state index in [1.54, 1.807) is 15.3 Å². The Morgan fingerprint density at radius 3 is 2.50 bits per heavy atom. The second-order valence-electron chi connectivity index (χ2n) is 8.06. The molecule has 0 aliphatic heterocycles. The maximum absolute atomic E-state index is 13.0. The highest BCUT2D eigenvalue weighted by molar-refractivity contribution is 9.10. The van der Waals surface area contributed by atoms with Gasteiger partial charge >= 0.3 is 11.8 Å². The molecule has 2 heterocycles. The van der Waals surface area contributed by atoms with Crippen molar-refractivity contribution >= 4 is 33.3 Å². The normalized spacial score (nSPS) is 22.9. The van der Waals surface area contributed by atoms with Gasteiger partial charge in [0.2, 0.25) is 0 Å². The fourth-order valence-corrected chi connectivity index (χ4v) is 3.63. The van der Waals surface area contributed by atoms with Gasteiger partial charge < -0.3 is 10.1 Å². The van der Waals surface area contributed by atoms with Crippen LogP contribution in [0.3, 0.4) is 0 Å². The van der Waals surface area contributed by atoms with Gasteiger partial charge in [0.05, 0.1) is 6.20 Å². The van der Waals surface area contributed by atoms with E-state index < -0.39 is 11.7 Å². The van der Waals surface area contributed by atoms with Crippen LogP contribution in [0.1, 0.15) is 58.5 Å². The molecule has 0 unspecified atom stereocenters. The minimum atomic E-state index is -0.523. The van der Waals surface area contributed by atoms with Crippen molar-refractivity contribution in [3.63, 3.8) is 0 Å². The van der Waals surface area contributed by atoms with Crippen molar-refractivity contribution in [2.75, 3.05) is 0 Å². The number of hydrogen-bond donors (Lipinski definition) is 1. The molecule has 8 nitrogen and oxygen atoms in total. The molecule has 1 amide bonds. The number of alkyl carbamates (subject to hydrolysis) is 1. The average Bonchev–Trinajstić information content (AvgIpc) is 3.26. The quantitative estimate of drug-likeness (QED) is 0.818. The molecule has 2 aromatic rings. The second kappa shape index (κ2) is 6.07. The number of halogens is 1. The van der Waals surface area contributed by atoms with Gasteiger partial charge in [-0.2, -0.15) is 0 Å². The Kier molecular flexibility index (Phi) is 4.09. The summed E-state index contributed by atoms with van der Waals surface area (Å²) in [6.45, 7) is 5.50. The minimum Gasteiger partial charge on any atom is -0.444 e. The highest BCUT2D eigenvalue weighted by atomic mass is 79.9. The van der Waals surface area contributed by atoms with Gasteiger partial charge in [-0.15, -0.1) is 0 Å². The molecule has 0 radical (unpaired) electrons. The average molecular weight is 424 g/mol. The highest BCUT2D eigenvalue weighted by Gasteiger charge is 2.38. The number of fused-ring (bicyclic) bond motifs is 1. The summed E-state index contributed by atoms with van der Waals surface area (Å²) >= 11 is 3.34. The number of nitrogens with one attached hydrogen (secondary N) is 1. The molecule has 1 N–H and O–H groups in total. The lowest BCUT2D eigenvalue weighted by Crippen LogP contribution is -2.48. The van der Waals surface area contributed by atoms with Crippen molar-refractivity contribution in [3.05, 3.63) is 21.3 Å². The highest BCUT2D eigenvalue weighted by Crippen LogP contribution is 2.38. The lowest BCUT2D eigenvalue weighted by Gasteiger charge is -2.36. The summed E-state index contributed by atoms with van der Waals surface area (Å²) in [6.07, 6.45) is 4.56. The monoisotopic (exact) mass is 423 g/mol. The predicted molar refractivity (Wildman–Crippen MR) is 99.2 cm³/mol. The van der Waals surface area contributed by atoms with Crippen LogP contribution in [-0.2, 0) is 4.74 Å². The van der Waals surface area contributed by atoms with Gasteiger partial charge in [0.15, 0.2) is 11.3 Å². The molecule has 140 valence electrons. The van der Waals surface area contributed by atoms with Crippen LogP contribution in [0.4, 0.5) is 4.79 Å². The molecule has 0 saturated heterocycles. The van der Waals surface area contributed by atoms with Crippen molar-refractivity contribution < 1.29 is 9.53 Å². The first-order valence-electron chi connectivity index (χ1n) is 8.87. The Hall–Kier alpha value is -1.90. The Bertz CT molecular complexity index is 919. The largest absolute Gasteiger partial charge is 0.444 e. The van der Waals surface area contributed by atoms with Crippen molar-refractivity contribution in [1.29, 1.82) is 0 Å². The summed E-state index contributed by atoms with van der Waals surface area (Å²) in [7, 11) is 0. The van der Waals surface area contributed by atoms with Crippen molar-refractivity contribution in [1.82, 2.24) is 24.4 Å². The first kappa shape index (κ1) is 17.5. The molecule has 9 heteroatoms. The van der Waals surface area contributed by atoms with Gasteiger partial charge in [-0.05, 0) is 62.4 Å². The molecular weight excluding hydrogens is 402 g/mol. The number of aromatic nitrogens is 4. The van der Waals surface area contributed by atoms with Crippen LogP contribution in [0.25, 0.3) is 11.3 Å². The zero-order valence-corrected chi connectivity index (χ0v) is 16.6. The molecule has 0 spiro atoms. The Morgan fingerprint density at radius 1 is 1.23 bits per heavy atom. The molecule has 2 fully saturated rings. The van der Waals surface area contributed by atoms with E-state index in [2.05, 4.69) is 31.2 Å². The number of hydrogen-bond acceptors (Lipinski definition) is 5. The van der Waals surface area contributed by atoms with Crippen LogP contribution < -0.4 is 11.0 Å². The van der Waals surface area contributed by atoms with E-state index in [9.17, 15) is 9.59 Å². The Labute approximate surface area is 159 Å². The SMILES string of the molecule is CC(C)(C)OC(=O)NC1CC(n2c(=O)n(C3CC3)c3nc(Br)cnc32)C1. The van der Waals surface area contributed by atoms with Crippen molar-refractivity contribution in [2.45, 2.75) is 70.2 Å². The van der Waals surface area contributed by atoms with Crippen LogP contribution in [0, 0.1) is 0 Å². The summed E-state index contributed by atoms with van der Waals surface area (Å²) in [6, 6.07) is 0.246. The Morgan fingerprint density at radius 2 is 1.88 bits per heavy atom. The number of amides is 1. The lowest BCUT2D eigenvalue weighted by atomic mass is 9.86.